The van der Waals surface area contributed by atoms with Gasteiger partial charge in [-0.2, -0.15) is 0 Å². The van der Waals surface area contributed by atoms with Crippen LogP contribution in [0.5, 0.6) is 0 Å². The fraction of sp³-hybridized carbons (Fsp3) is 0.667. The average Bonchev–Trinajstić information content (AvgIpc) is 1.98. The molecule has 0 aliphatic carbocycles. The molecule has 4 nitrogen and oxygen atoms in total. The Balaban J connectivity index is 2.26. The third kappa shape index (κ3) is 1.72. The van der Waals surface area contributed by atoms with Gasteiger partial charge in [-0.25, -0.2) is 0 Å². The summed E-state index contributed by atoms with van der Waals surface area (Å²) >= 11 is 0. The molecule has 1 saturated heterocycles. The molecule has 0 aromatic rings. The van der Waals surface area contributed by atoms with Gasteiger partial charge in [0.15, 0.2) is 6.40 Å². The van der Waals surface area contributed by atoms with Crippen LogP contribution in [0.2, 0.25) is 0 Å². The van der Waals surface area contributed by atoms with E-state index in [2.05, 4.69) is 15.0 Å². The molecule has 0 unspecified atom stereocenters. The molecule has 2 atom stereocenters. The molecular weight excluding hydrogens is 143 g/mol. The fourth-order valence-electron chi connectivity index (χ4n) is 1.04. The summed E-state index contributed by atoms with van der Waals surface area (Å²) in [6.45, 7) is 2.50. The highest BCUT2D eigenvalue weighted by atomic mass is 16.4. The summed E-state index contributed by atoms with van der Waals surface area (Å²) in [5.41, 5.74) is 0. The predicted octanol–water partition coefficient (Wildman–Crippen LogP) is -1.29. The lowest BCUT2D eigenvalue weighted by Crippen LogP contribution is -2.57. The quantitative estimate of drug-likeness (QED) is 0.238. The summed E-state index contributed by atoms with van der Waals surface area (Å²) in [4.78, 5) is 14.7. The molecule has 0 bridgehead atoms. The Morgan fingerprint density at radius 3 is 3.09 bits per heavy atom. The highest BCUT2D eigenvalue weighted by Gasteiger charge is 2.34. The normalized spacial score (nSPS) is 29.7. The number of hydrogen-bond acceptors (Lipinski definition) is 3. The first kappa shape index (κ1) is 8.10. The first-order chi connectivity index (χ1) is 5.25. The molecule has 0 radical (unpaired) electrons. The summed E-state index contributed by atoms with van der Waals surface area (Å²) in [5, 5.41) is 2.73. The van der Waals surface area contributed by atoms with Crippen molar-refractivity contribution in [1.82, 2.24) is 5.32 Å². The van der Waals surface area contributed by atoms with Crippen molar-refractivity contribution in [2.45, 2.75) is 13.0 Å². The van der Waals surface area contributed by atoms with Crippen LogP contribution in [0.4, 0.5) is 0 Å². The lowest BCUT2D eigenvalue weighted by Gasteiger charge is -2.32. The molecule has 60 valence electrons. The zero-order chi connectivity index (χ0) is 8.27. The number of aliphatic imine (C=N–C) groups is 1. The van der Waals surface area contributed by atoms with Gasteiger partial charge >= 0.3 is 8.05 Å². The Kier molecular flexibility index (Phi) is 2.51. The molecule has 1 rings (SSSR count). The van der Waals surface area contributed by atoms with E-state index in [1.165, 1.54) is 14.4 Å². The summed E-state index contributed by atoms with van der Waals surface area (Å²) in [6.07, 6.45) is 1.36. The van der Waals surface area contributed by atoms with Crippen molar-refractivity contribution in [1.29, 1.82) is 0 Å². The standard InChI is InChI=1S/C6H11BN2O2/c1-4-5(6(10)9-4)2-8-3-11-7/h3-5H,2,7H2,1H3,(H,9,10)/t4-,5+/m0/s1. The van der Waals surface area contributed by atoms with Crippen LogP contribution in [-0.4, -0.2) is 32.9 Å². The Hall–Kier alpha value is -0.995. The van der Waals surface area contributed by atoms with E-state index in [1.54, 1.807) is 0 Å². The van der Waals surface area contributed by atoms with E-state index >= 15 is 0 Å². The Morgan fingerprint density at radius 2 is 2.64 bits per heavy atom. The lowest BCUT2D eigenvalue weighted by molar-refractivity contribution is -0.133. The van der Waals surface area contributed by atoms with Crippen LogP contribution >= 0.6 is 0 Å². The molecule has 1 heterocycles. The van der Waals surface area contributed by atoms with E-state index in [0.29, 0.717) is 6.54 Å². The number of rotatable bonds is 3. The molecular formula is C6H11BN2O2. The molecule has 0 saturated carbocycles. The van der Waals surface area contributed by atoms with Gasteiger partial charge in [0.2, 0.25) is 5.91 Å². The summed E-state index contributed by atoms with van der Waals surface area (Å²) in [7, 11) is 1.54. The van der Waals surface area contributed by atoms with Gasteiger partial charge in [0, 0.05) is 6.04 Å². The second-order valence-electron chi connectivity index (χ2n) is 2.61. The average molecular weight is 154 g/mol. The predicted molar refractivity (Wildman–Crippen MR) is 44.1 cm³/mol. The van der Waals surface area contributed by atoms with E-state index in [-0.39, 0.29) is 17.9 Å². The van der Waals surface area contributed by atoms with Crippen molar-refractivity contribution in [3.05, 3.63) is 0 Å². The summed E-state index contributed by atoms with van der Waals surface area (Å²) in [6, 6.07) is 0.261. The summed E-state index contributed by atoms with van der Waals surface area (Å²) < 4.78 is 4.61. The molecule has 1 aliphatic heterocycles. The van der Waals surface area contributed by atoms with Crippen LogP contribution in [0.1, 0.15) is 6.92 Å². The molecule has 0 spiro atoms. The van der Waals surface area contributed by atoms with Gasteiger partial charge in [0.1, 0.15) is 0 Å². The zero-order valence-electron chi connectivity index (χ0n) is 6.70. The van der Waals surface area contributed by atoms with E-state index < -0.39 is 0 Å². The molecule has 0 aromatic carbocycles. The number of hydrogen-bond donors (Lipinski definition) is 1. The highest BCUT2D eigenvalue weighted by molar-refractivity contribution is 6.02. The van der Waals surface area contributed by atoms with Gasteiger partial charge in [-0.05, 0) is 6.92 Å². The molecule has 1 N–H and O–H groups in total. The van der Waals surface area contributed by atoms with E-state index in [0.717, 1.165) is 0 Å². The smallest absolute Gasteiger partial charge is 0.323 e. The number of carbonyl (C=O) groups is 1. The van der Waals surface area contributed by atoms with Crippen LogP contribution < -0.4 is 5.32 Å². The minimum Gasteiger partial charge on any atom is -0.560 e. The Morgan fingerprint density at radius 1 is 1.91 bits per heavy atom. The first-order valence-electron chi connectivity index (χ1n) is 3.57. The molecule has 11 heavy (non-hydrogen) atoms. The number of nitrogens with one attached hydrogen (secondary N) is 1. The maximum atomic E-state index is 10.8. The monoisotopic (exact) mass is 154 g/mol. The van der Waals surface area contributed by atoms with Crippen LogP contribution in [0, 0.1) is 5.92 Å². The van der Waals surface area contributed by atoms with Gasteiger partial charge in [-0.15, -0.1) is 0 Å². The van der Waals surface area contributed by atoms with Gasteiger partial charge in [0.05, 0.1) is 12.5 Å². The van der Waals surface area contributed by atoms with Crippen LogP contribution in [-0.2, 0) is 9.45 Å². The molecule has 1 fully saturated rings. The largest absolute Gasteiger partial charge is 0.560 e. The van der Waals surface area contributed by atoms with Crippen LogP contribution in [0.25, 0.3) is 0 Å². The van der Waals surface area contributed by atoms with Crippen molar-refractivity contribution in [2.24, 2.45) is 10.9 Å². The van der Waals surface area contributed by atoms with Gasteiger partial charge < -0.3 is 9.97 Å². The van der Waals surface area contributed by atoms with E-state index in [9.17, 15) is 4.79 Å². The van der Waals surface area contributed by atoms with E-state index in [1.807, 2.05) is 6.92 Å². The van der Waals surface area contributed by atoms with Crippen molar-refractivity contribution < 1.29 is 9.45 Å². The second-order valence-corrected chi connectivity index (χ2v) is 2.61. The SMILES string of the molecule is BOC=NC[C@H]1C(=O)N[C@H]1C. The number of β-lactam (4-membered cyclic amide) rings is 1. The molecule has 1 amide bonds. The van der Waals surface area contributed by atoms with E-state index in [4.69, 9.17) is 0 Å². The fourth-order valence-corrected chi connectivity index (χ4v) is 1.04. The van der Waals surface area contributed by atoms with Gasteiger partial charge in [-0.1, -0.05) is 0 Å². The number of amides is 1. The maximum Gasteiger partial charge on any atom is 0.323 e. The number of nitrogens with zero attached hydrogens (tertiary/aromatic N) is 1. The Bertz CT molecular complexity index is 183. The first-order valence-corrected chi connectivity index (χ1v) is 3.57. The Labute approximate surface area is 66.5 Å². The van der Waals surface area contributed by atoms with Gasteiger partial charge in [0.25, 0.3) is 0 Å². The lowest BCUT2D eigenvalue weighted by atomic mass is 9.92. The topological polar surface area (TPSA) is 50.7 Å². The third-order valence-corrected chi connectivity index (χ3v) is 1.79. The summed E-state index contributed by atoms with van der Waals surface area (Å²) in [5.74, 6) is 0.132. The molecule has 0 aromatic heterocycles. The second kappa shape index (κ2) is 3.41. The minimum absolute atomic E-state index is 0.0430. The maximum absolute atomic E-state index is 10.8. The number of carbonyl (C=O) groups excluding carboxylic acids is 1. The molecule has 1 aliphatic rings. The van der Waals surface area contributed by atoms with Crippen molar-refractivity contribution in [2.75, 3.05) is 6.54 Å². The van der Waals surface area contributed by atoms with Gasteiger partial charge in [-0.3, -0.25) is 9.79 Å². The minimum atomic E-state index is 0.0430. The molecule has 5 heteroatoms. The van der Waals surface area contributed by atoms with Crippen molar-refractivity contribution in [3.8, 4) is 0 Å². The van der Waals surface area contributed by atoms with Crippen LogP contribution in [0.3, 0.4) is 0 Å². The zero-order valence-corrected chi connectivity index (χ0v) is 6.70. The van der Waals surface area contributed by atoms with Crippen molar-refractivity contribution in [3.63, 3.8) is 0 Å². The van der Waals surface area contributed by atoms with Crippen LogP contribution in [0.15, 0.2) is 4.99 Å². The third-order valence-electron chi connectivity index (χ3n) is 1.79. The highest BCUT2D eigenvalue weighted by Crippen LogP contribution is 2.13. The van der Waals surface area contributed by atoms with Crippen molar-refractivity contribution >= 4 is 20.4 Å².